The molecule has 0 bridgehead atoms. The van der Waals surface area contributed by atoms with E-state index in [9.17, 15) is 9.59 Å². The highest BCUT2D eigenvalue weighted by atomic mass is 16.6. The van der Waals surface area contributed by atoms with Crippen molar-refractivity contribution < 1.29 is 28.5 Å². The number of carbonyl (C=O) groups excluding carboxylic acids is 2. The molecule has 3 fully saturated rings. The molecule has 0 aromatic rings. The third kappa shape index (κ3) is 3.79. The summed E-state index contributed by atoms with van der Waals surface area (Å²) in [7, 11) is 0. The highest BCUT2D eigenvalue weighted by molar-refractivity contribution is 5.83. The van der Waals surface area contributed by atoms with E-state index in [1.54, 1.807) is 0 Å². The van der Waals surface area contributed by atoms with Crippen molar-refractivity contribution in [3.05, 3.63) is 0 Å². The van der Waals surface area contributed by atoms with E-state index in [2.05, 4.69) is 0 Å². The summed E-state index contributed by atoms with van der Waals surface area (Å²) in [4.78, 5) is 24.9. The number of carbonyl (C=O) groups is 2. The quantitative estimate of drug-likeness (QED) is 0.541. The molecule has 0 amide bonds. The second kappa shape index (κ2) is 6.54. The molecule has 2 heterocycles. The molecule has 0 radical (unpaired) electrons. The van der Waals surface area contributed by atoms with Gasteiger partial charge in [0.1, 0.15) is 25.4 Å². The van der Waals surface area contributed by atoms with E-state index in [0.29, 0.717) is 13.2 Å². The molecule has 6 unspecified atom stereocenters. The van der Waals surface area contributed by atoms with E-state index in [0.717, 1.165) is 12.8 Å². The number of hydrogen-bond acceptors (Lipinski definition) is 6. The van der Waals surface area contributed by atoms with Crippen molar-refractivity contribution in [3.63, 3.8) is 0 Å². The summed E-state index contributed by atoms with van der Waals surface area (Å²) in [6.07, 6.45) is 1.93. The molecule has 22 heavy (non-hydrogen) atoms. The minimum Gasteiger partial charge on any atom is -0.463 e. The smallest absolute Gasteiger partial charge is 0.310 e. The molecule has 3 rings (SSSR count). The first-order valence-electron chi connectivity index (χ1n) is 8.12. The van der Waals surface area contributed by atoms with Crippen LogP contribution in [0.3, 0.4) is 0 Å². The van der Waals surface area contributed by atoms with Crippen LogP contribution < -0.4 is 0 Å². The van der Waals surface area contributed by atoms with Gasteiger partial charge in [-0.2, -0.15) is 0 Å². The number of rotatable bonds is 6. The summed E-state index contributed by atoms with van der Waals surface area (Å²) in [5.74, 6) is -1.18. The van der Waals surface area contributed by atoms with Gasteiger partial charge in [0.2, 0.25) is 0 Å². The van der Waals surface area contributed by atoms with Gasteiger partial charge in [-0.1, -0.05) is 13.8 Å². The van der Waals surface area contributed by atoms with Crippen LogP contribution in [0.2, 0.25) is 0 Å². The van der Waals surface area contributed by atoms with Crippen LogP contribution in [0.5, 0.6) is 0 Å². The average Bonchev–Trinajstić information content (AvgIpc) is 3.38. The Labute approximate surface area is 130 Å². The normalized spacial score (nSPS) is 39.9. The van der Waals surface area contributed by atoms with Crippen LogP contribution in [-0.4, -0.2) is 50.6 Å². The zero-order valence-corrected chi connectivity index (χ0v) is 13.2. The van der Waals surface area contributed by atoms with Crippen LogP contribution in [0.25, 0.3) is 0 Å². The Bertz CT molecular complexity index is 388. The summed E-state index contributed by atoms with van der Waals surface area (Å²) in [5, 5.41) is 0. The number of ether oxygens (including phenoxy) is 4. The first-order valence-corrected chi connectivity index (χ1v) is 8.12. The molecule has 6 heteroatoms. The van der Waals surface area contributed by atoms with Crippen molar-refractivity contribution in [2.45, 2.75) is 38.9 Å². The monoisotopic (exact) mass is 312 g/mol. The van der Waals surface area contributed by atoms with Crippen molar-refractivity contribution in [1.29, 1.82) is 0 Å². The van der Waals surface area contributed by atoms with Gasteiger partial charge in [-0.25, -0.2) is 0 Å². The minimum atomic E-state index is -0.421. The van der Waals surface area contributed by atoms with Gasteiger partial charge < -0.3 is 18.9 Å². The molecular weight excluding hydrogens is 288 g/mol. The first-order chi connectivity index (χ1) is 10.6. The molecule has 1 saturated carbocycles. The third-order valence-corrected chi connectivity index (χ3v) is 4.86. The molecular formula is C16H24O6. The second-order valence-electron chi connectivity index (χ2n) is 6.75. The lowest BCUT2D eigenvalue weighted by atomic mass is 9.67. The van der Waals surface area contributed by atoms with Gasteiger partial charge >= 0.3 is 11.9 Å². The van der Waals surface area contributed by atoms with E-state index in [4.69, 9.17) is 18.9 Å². The number of epoxide rings is 2. The Kier molecular flexibility index (Phi) is 4.68. The summed E-state index contributed by atoms with van der Waals surface area (Å²) >= 11 is 0. The fourth-order valence-electron chi connectivity index (χ4n) is 3.22. The second-order valence-corrected chi connectivity index (χ2v) is 6.75. The van der Waals surface area contributed by atoms with Gasteiger partial charge in [0, 0.05) is 0 Å². The molecule has 124 valence electrons. The maximum Gasteiger partial charge on any atom is 0.310 e. The lowest BCUT2D eigenvalue weighted by molar-refractivity contribution is -0.168. The molecule has 0 aromatic carbocycles. The van der Waals surface area contributed by atoms with Gasteiger partial charge in [-0.05, 0) is 24.7 Å². The van der Waals surface area contributed by atoms with Crippen LogP contribution in [-0.2, 0) is 28.5 Å². The van der Waals surface area contributed by atoms with Gasteiger partial charge in [-0.15, -0.1) is 0 Å². The average molecular weight is 312 g/mol. The minimum absolute atomic E-state index is 0.0395. The van der Waals surface area contributed by atoms with Gasteiger partial charge in [-0.3, -0.25) is 9.59 Å². The van der Waals surface area contributed by atoms with E-state index in [1.165, 1.54) is 0 Å². The maximum absolute atomic E-state index is 12.4. The van der Waals surface area contributed by atoms with E-state index >= 15 is 0 Å². The predicted molar refractivity (Wildman–Crippen MR) is 75.9 cm³/mol. The van der Waals surface area contributed by atoms with Gasteiger partial charge in [0.15, 0.2) is 0 Å². The van der Waals surface area contributed by atoms with Gasteiger partial charge in [0.05, 0.1) is 25.0 Å². The van der Waals surface area contributed by atoms with Crippen LogP contribution >= 0.6 is 0 Å². The SMILES string of the molecule is CC1CCC(C)C(C(=O)OCC2CO2)C1C(=O)OCC1CO1. The molecule has 2 aliphatic heterocycles. The topological polar surface area (TPSA) is 77.7 Å². The number of hydrogen-bond donors (Lipinski definition) is 0. The molecule has 3 aliphatic rings. The van der Waals surface area contributed by atoms with Crippen molar-refractivity contribution in [2.24, 2.45) is 23.7 Å². The summed E-state index contributed by atoms with van der Waals surface area (Å²) < 4.78 is 20.8. The van der Waals surface area contributed by atoms with Crippen LogP contribution in [0.15, 0.2) is 0 Å². The molecule has 0 aromatic heterocycles. The Morgan fingerprint density at radius 2 is 1.23 bits per heavy atom. The summed E-state index contributed by atoms with van der Waals surface area (Å²) in [6, 6.07) is 0. The highest BCUT2D eigenvalue weighted by Gasteiger charge is 2.46. The van der Waals surface area contributed by atoms with Crippen molar-refractivity contribution in [2.75, 3.05) is 26.4 Å². The summed E-state index contributed by atoms with van der Waals surface area (Å²) in [5.41, 5.74) is 0. The molecule has 6 nitrogen and oxygen atoms in total. The lowest BCUT2D eigenvalue weighted by Crippen LogP contribution is -2.44. The van der Waals surface area contributed by atoms with Gasteiger partial charge in [0.25, 0.3) is 0 Å². The van der Waals surface area contributed by atoms with Crippen LogP contribution in [0, 0.1) is 23.7 Å². The largest absolute Gasteiger partial charge is 0.463 e. The molecule has 1 aliphatic carbocycles. The van der Waals surface area contributed by atoms with Crippen LogP contribution in [0.4, 0.5) is 0 Å². The molecule has 2 saturated heterocycles. The zero-order valence-electron chi connectivity index (χ0n) is 13.2. The molecule has 0 spiro atoms. The Hall–Kier alpha value is -1.14. The van der Waals surface area contributed by atoms with Crippen molar-refractivity contribution in [3.8, 4) is 0 Å². The van der Waals surface area contributed by atoms with E-state index in [1.807, 2.05) is 13.8 Å². The summed E-state index contributed by atoms with van der Waals surface area (Å²) in [6.45, 7) is 5.89. The zero-order chi connectivity index (χ0) is 15.7. The van der Waals surface area contributed by atoms with Crippen molar-refractivity contribution >= 4 is 11.9 Å². The molecule has 6 atom stereocenters. The maximum atomic E-state index is 12.4. The van der Waals surface area contributed by atoms with E-state index < -0.39 is 11.8 Å². The Morgan fingerprint density at radius 3 is 1.55 bits per heavy atom. The third-order valence-electron chi connectivity index (χ3n) is 4.86. The fraction of sp³-hybridized carbons (Fsp3) is 0.875. The highest BCUT2D eigenvalue weighted by Crippen LogP contribution is 2.40. The Morgan fingerprint density at radius 1 is 0.864 bits per heavy atom. The first kappa shape index (κ1) is 15.7. The van der Waals surface area contributed by atoms with Crippen molar-refractivity contribution in [1.82, 2.24) is 0 Å². The molecule has 0 N–H and O–H groups in total. The number of esters is 2. The Balaban J connectivity index is 1.63. The standard InChI is InChI=1S/C16H24O6/c1-9-3-4-10(2)14(16(18)22-8-12-6-20-12)13(9)15(17)21-7-11-5-19-11/h9-14H,3-8H2,1-2H3. The predicted octanol–water partition coefficient (Wildman–Crippen LogP) is 1.17. The van der Waals surface area contributed by atoms with E-state index in [-0.39, 0.29) is 49.2 Å². The fourth-order valence-corrected chi connectivity index (χ4v) is 3.22. The lowest BCUT2D eigenvalue weighted by Gasteiger charge is -2.37. The van der Waals surface area contributed by atoms with Crippen LogP contribution in [0.1, 0.15) is 26.7 Å².